The van der Waals surface area contributed by atoms with Crippen LogP contribution in [0.4, 0.5) is 4.39 Å². The largest absolute Gasteiger partial charge is 0.492 e. The molecule has 244 valence electrons. The third-order valence-corrected chi connectivity index (χ3v) is 14.6. The summed E-state index contributed by atoms with van der Waals surface area (Å²) in [5.41, 5.74) is 1.34. The molecule has 7 rings (SSSR count). The normalized spacial score (nSPS) is 49.9. The van der Waals surface area contributed by atoms with Crippen LogP contribution >= 0.6 is 0 Å². The first-order valence-electron chi connectivity index (χ1n) is 17.5. The number of hydrogen-bond acceptors (Lipinski definition) is 6. The molecule has 0 aromatic heterocycles. The maximum absolute atomic E-state index is 14.0. The monoisotopic (exact) mass is 604 g/mol. The molecule has 2 aliphatic heterocycles. The van der Waals surface area contributed by atoms with Crippen molar-refractivity contribution in [1.82, 2.24) is 0 Å². The van der Waals surface area contributed by atoms with Crippen LogP contribution in [0.15, 0.2) is 11.3 Å². The molecule has 0 aromatic carbocycles. The van der Waals surface area contributed by atoms with E-state index in [1.807, 2.05) is 0 Å². The molecule has 2 N–H and O–H groups in total. The van der Waals surface area contributed by atoms with Crippen molar-refractivity contribution in [2.75, 3.05) is 6.61 Å². The zero-order chi connectivity index (χ0) is 30.7. The molecule has 43 heavy (non-hydrogen) atoms. The lowest BCUT2D eigenvalue weighted by Crippen LogP contribution is -2.55. The fourth-order valence-electron chi connectivity index (χ4n) is 12.8. The van der Waals surface area contributed by atoms with E-state index in [2.05, 4.69) is 27.7 Å². The molecule has 5 aliphatic carbocycles. The molecule has 2 spiro atoms. The lowest BCUT2D eigenvalue weighted by Gasteiger charge is -2.59. The van der Waals surface area contributed by atoms with E-state index >= 15 is 0 Å². The minimum Gasteiger partial charge on any atom is -0.492 e. The molecule has 0 bridgehead atoms. The number of rotatable bonds is 6. The molecular formula is C36H57FO6. The Hall–Kier alpha value is -0.730. The summed E-state index contributed by atoms with van der Waals surface area (Å²) in [7, 11) is 0. The van der Waals surface area contributed by atoms with Gasteiger partial charge < -0.3 is 29.2 Å². The fourth-order valence-corrected chi connectivity index (χ4v) is 12.8. The minimum absolute atomic E-state index is 0.0661. The number of halogens is 1. The second-order valence-electron chi connectivity index (χ2n) is 17.1. The lowest BCUT2D eigenvalue weighted by molar-refractivity contribution is -0.248. The summed E-state index contributed by atoms with van der Waals surface area (Å²) in [6.07, 6.45) is 8.41. The van der Waals surface area contributed by atoms with Gasteiger partial charge in [0.1, 0.15) is 12.2 Å². The molecule has 13 atom stereocenters. The number of aliphatic hydroxyl groups excluding tert-OH is 1. The Balaban J connectivity index is 1.11. The molecule has 6 nitrogen and oxygen atoms in total. The SMILES string of the molecule is CC(F)OC(C1CCC2=C(CC3C4CCC5C(C)(C)C(OC6CC(O)CCO6)CCC56C(C)C46CC[C@]23C)O1)C(C)(C)O. The molecular weight excluding hydrogens is 547 g/mol. The number of fused-ring (bicyclic) bond motifs is 3. The van der Waals surface area contributed by atoms with Crippen molar-refractivity contribution in [2.45, 2.75) is 162 Å². The topological polar surface area (TPSA) is 77.4 Å². The molecule has 7 aliphatic rings. The highest BCUT2D eigenvalue weighted by Crippen LogP contribution is 2.89. The van der Waals surface area contributed by atoms with Crippen molar-refractivity contribution in [3.05, 3.63) is 11.3 Å². The van der Waals surface area contributed by atoms with Gasteiger partial charge in [-0.1, -0.05) is 27.7 Å². The number of allylic oxidation sites excluding steroid dienone is 2. The Labute approximate surface area is 258 Å². The van der Waals surface area contributed by atoms with Crippen LogP contribution in [-0.4, -0.2) is 59.5 Å². The third kappa shape index (κ3) is 4.33. The van der Waals surface area contributed by atoms with Gasteiger partial charge in [-0.15, -0.1) is 0 Å². The molecule has 12 unspecified atom stereocenters. The number of alkyl halides is 1. The van der Waals surface area contributed by atoms with Crippen LogP contribution in [0.2, 0.25) is 0 Å². The first-order valence-corrected chi connectivity index (χ1v) is 17.5. The Morgan fingerprint density at radius 1 is 1.00 bits per heavy atom. The maximum atomic E-state index is 14.0. The van der Waals surface area contributed by atoms with Crippen LogP contribution in [0, 0.1) is 45.3 Å². The average molecular weight is 605 g/mol. The number of ether oxygens (including phenoxy) is 4. The average Bonchev–Trinajstić information content (AvgIpc) is 3.30. The fraction of sp³-hybridized carbons (Fsp3) is 0.944. The van der Waals surface area contributed by atoms with Crippen molar-refractivity contribution >= 4 is 0 Å². The summed E-state index contributed by atoms with van der Waals surface area (Å²) in [5.74, 6) is 3.77. The second kappa shape index (κ2) is 10.1. The van der Waals surface area contributed by atoms with E-state index < -0.39 is 18.1 Å². The van der Waals surface area contributed by atoms with Crippen LogP contribution in [0.5, 0.6) is 0 Å². The van der Waals surface area contributed by atoms with Gasteiger partial charge in [0, 0.05) is 12.8 Å². The Bertz CT molecular complexity index is 1130. The standard InChI is InChI=1S/C36H57FO6/c1-20-35-16-15-34(7)24-8-10-26(31(33(5,6)39)41-21(2)37)42-27(24)19-25(34)23(35)9-11-28-32(3,4)29(12-14-36(20,28)35)43-30-18-22(38)13-17-40-30/h20-23,25-26,28-31,38-39H,8-19H2,1-7H3/t20?,21?,22?,23?,25?,26?,28?,29?,30?,31?,34-,35?,36?/m1/s1. The first kappa shape index (κ1) is 30.9. The first-order chi connectivity index (χ1) is 20.2. The van der Waals surface area contributed by atoms with Crippen molar-refractivity contribution in [2.24, 2.45) is 45.3 Å². The van der Waals surface area contributed by atoms with Crippen LogP contribution in [0.25, 0.3) is 0 Å². The van der Waals surface area contributed by atoms with E-state index in [4.69, 9.17) is 18.9 Å². The Morgan fingerprint density at radius 3 is 2.47 bits per heavy atom. The van der Waals surface area contributed by atoms with Gasteiger partial charge in [0.25, 0.3) is 0 Å². The van der Waals surface area contributed by atoms with Crippen LogP contribution in [0.1, 0.15) is 119 Å². The van der Waals surface area contributed by atoms with E-state index in [9.17, 15) is 14.6 Å². The molecule has 0 radical (unpaired) electrons. The molecule has 0 aromatic rings. The van der Waals surface area contributed by atoms with Gasteiger partial charge >= 0.3 is 0 Å². The summed E-state index contributed by atoms with van der Waals surface area (Å²) in [4.78, 5) is 0. The summed E-state index contributed by atoms with van der Waals surface area (Å²) >= 11 is 0. The van der Waals surface area contributed by atoms with Gasteiger partial charge in [0.2, 0.25) is 0 Å². The van der Waals surface area contributed by atoms with E-state index in [0.29, 0.717) is 48.0 Å². The van der Waals surface area contributed by atoms with Gasteiger partial charge in [0.05, 0.1) is 30.2 Å². The highest BCUT2D eigenvalue weighted by Gasteiger charge is 2.84. The molecule has 7 heteroatoms. The van der Waals surface area contributed by atoms with Crippen molar-refractivity contribution in [3.8, 4) is 0 Å². The Kier molecular flexibility index (Phi) is 7.28. The molecule has 1 saturated heterocycles. The lowest BCUT2D eigenvalue weighted by atomic mass is 9.46. The summed E-state index contributed by atoms with van der Waals surface area (Å²) < 4.78 is 39.0. The van der Waals surface area contributed by atoms with Crippen LogP contribution in [0.3, 0.4) is 0 Å². The summed E-state index contributed by atoms with van der Waals surface area (Å²) in [6, 6.07) is 0. The Morgan fingerprint density at radius 2 is 1.77 bits per heavy atom. The molecule has 2 heterocycles. The van der Waals surface area contributed by atoms with Crippen LogP contribution in [-0.2, 0) is 18.9 Å². The minimum atomic E-state index is -1.45. The van der Waals surface area contributed by atoms with Crippen molar-refractivity contribution < 1.29 is 33.6 Å². The van der Waals surface area contributed by atoms with E-state index in [1.165, 1.54) is 44.6 Å². The van der Waals surface area contributed by atoms with Crippen molar-refractivity contribution in [3.63, 3.8) is 0 Å². The molecule has 0 amide bonds. The zero-order valence-corrected chi connectivity index (χ0v) is 27.7. The quantitative estimate of drug-likeness (QED) is 0.316. The summed E-state index contributed by atoms with van der Waals surface area (Å²) in [6.45, 7) is 15.4. The highest BCUT2D eigenvalue weighted by atomic mass is 19.1. The molecule has 4 saturated carbocycles. The van der Waals surface area contributed by atoms with Gasteiger partial charge in [-0.2, -0.15) is 0 Å². The van der Waals surface area contributed by atoms with Crippen LogP contribution < -0.4 is 0 Å². The number of hydrogen-bond donors (Lipinski definition) is 2. The summed E-state index contributed by atoms with van der Waals surface area (Å²) in [5, 5.41) is 21.1. The zero-order valence-electron chi connectivity index (χ0n) is 27.7. The maximum Gasteiger partial charge on any atom is 0.196 e. The number of aliphatic hydroxyl groups is 2. The van der Waals surface area contributed by atoms with E-state index in [-0.39, 0.29) is 35.4 Å². The second-order valence-corrected chi connectivity index (χ2v) is 17.1. The van der Waals surface area contributed by atoms with Gasteiger partial charge in [-0.25, -0.2) is 4.39 Å². The van der Waals surface area contributed by atoms with Gasteiger partial charge in [-0.3, -0.25) is 0 Å². The predicted octanol–water partition coefficient (Wildman–Crippen LogP) is 7.06. The van der Waals surface area contributed by atoms with Gasteiger partial charge in [0.15, 0.2) is 12.6 Å². The van der Waals surface area contributed by atoms with Crippen molar-refractivity contribution in [1.29, 1.82) is 0 Å². The third-order valence-electron chi connectivity index (χ3n) is 14.6. The smallest absolute Gasteiger partial charge is 0.196 e. The predicted molar refractivity (Wildman–Crippen MR) is 161 cm³/mol. The van der Waals surface area contributed by atoms with E-state index in [0.717, 1.165) is 37.4 Å². The molecule has 5 fully saturated rings. The highest BCUT2D eigenvalue weighted by molar-refractivity contribution is 5.37. The van der Waals surface area contributed by atoms with E-state index in [1.54, 1.807) is 13.8 Å². The van der Waals surface area contributed by atoms with Gasteiger partial charge in [-0.05, 0) is 129 Å².